The van der Waals surface area contributed by atoms with E-state index in [9.17, 15) is 13.6 Å². The van der Waals surface area contributed by atoms with Crippen molar-refractivity contribution in [1.29, 1.82) is 0 Å². The number of ether oxygens (including phenoxy) is 1. The van der Waals surface area contributed by atoms with Crippen molar-refractivity contribution in [3.05, 3.63) is 12.7 Å². The Balaban J connectivity index is 4.37. The number of carbonyl (C=O) groups excluding carboxylic acids is 1. The summed E-state index contributed by atoms with van der Waals surface area (Å²) in [5.41, 5.74) is 0. The van der Waals surface area contributed by atoms with Crippen LogP contribution in [0.2, 0.25) is 0 Å². The third-order valence-corrected chi connectivity index (χ3v) is 1.14. The second-order valence-electron chi connectivity index (χ2n) is 2.02. The van der Waals surface area contributed by atoms with E-state index in [4.69, 9.17) is 5.11 Å². The summed E-state index contributed by atoms with van der Waals surface area (Å²) in [7, 11) is 0. The van der Waals surface area contributed by atoms with Crippen LogP contribution < -0.4 is 0 Å². The van der Waals surface area contributed by atoms with E-state index in [1.165, 1.54) is 6.92 Å². The van der Waals surface area contributed by atoms with Crippen LogP contribution in [0, 0.1) is 0 Å². The molecule has 0 saturated carbocycles. The zero-order chi connectivity index (χ0) is 9.78. The van der Waals surface area contributed by atoms with Gasteiger partial charge in [0.15, 0.2) is 0 Å². The topological polar surface area (TPSA) is 46.5 Å². The average Bonchev–Trinajstić information content (AvgIpc) is 2.03. The first-order valence-electron chi connectivity index (χ1n) is 3.32. The molecule has 0 saturated heterocycles. The molecule has 70 valence electrons. The van der Waals surface area contributed by atoms with E-state index in [0.717, 1.165) is 0 Å². The fraction of sp³-hybridized carbons (Fsp3) is 0.571. The number of hydrogen-bond acceptors (Lipinski definition) is 3. The Morgan fingerprint density at radius 2 is 2.33 bits per heavy atom. The number of hydrogen-bond donors (Lipinski definition) is 1. The summed E-state index contributed by atoms with van der Waals surface area (Å²) in [6.45, 7) is 4.17. The minimum absolute atomic E-state index is 0.154. The molecule has 1 atom stereocenters. The smallest absolute Gasteiger partial charge is 0.380 e. The molecule has 0 aromatic heterocycles. The lowest BCUT2D eigenvalue weighted by atomic mass is 10.2. The molecular weight excluding hydrogens is 170 g/mol. The SMILES string of the molecule is C=CC(O)C(F)(F)C(=O)OCC. The predicted molar refractivity (Wildman–Crippen MR) is 37.8 cm³/mol. The Hall–Kier alpha value is -0.970. The zero-order valence-corrected chi connectivity index (χ0v) is 6.59. The molecule has 0 aliphatic rings. The lowest BCUT2D eigenvalue weighted by molar-refractivity contribution is -0.183. The molecule has 0 aromatic carbocycles. The number of carbonyl (C=O) groups is 1. The van der Waals surface area contributed by atoms with Gasteiger partial charge in [-0.2, -0.15) is 8.78 Å². The summed E-state index contributed by atoms with van der Waals surface area (Å²) < 4.78 is 29.2. The molecule has 0 radical (unpaired) electrons. The second kappa shape index (κ2) is 4.15. The van der Waals surface area contributed by atoms with Gasteiger partial charge in [-0.05, 0) is 6.92 Å². The molecule has 1 unspecified atom stereocenters. The molecule has 0 aliphatic carbocycles. The predicted octanol–water partition coefficient (Wildman–Crippen LogP) is 0.732. The van der Waals surface area contributed by atoms with E-state index >= 15 is 0 Å². The molecule has 0 fully saturated rings. The zero-order valence-electron chi connectivity index (χ0n) is 6.59. The molecule has 5 heteroatoms. The number of rotatable bonds is 4. The second-order valence-corrected chi connectivity index (χ2v) is 2.02. The summed E-state index contributed by atoms with van der Waals surface area (Å²) in [5, 5.41) is 8.61. The first-order valence-corrected chi connectivity index (χ1v) is 3.32. The fourth-order valence-electron chi connectivity index (χ4n) is 0.496. The van der Waals surface area contributed by atoms with E-state index in [2.05, 4.69) is 11.3 Å². The summed E-state index contributed by atoms with van der Waals surface area (Å²) >= 11 is 0. The van der Waals surface area contributed by atoms with Crippen molar-refractivity contribution in [2.24, 2.45) is 0 Å². The van der Waals surface area contributed by atoms with Gasteiger partial charge in [-0.25, -0.2) is 4.79 Å². The lowest BCUT2D eigenvalue weighted by Gasteiger charge is -2.17. The van der Waals surface area contributed by atoms with E-state index in [0.29, 0.717) is 6.08 Å². The summed E-state index contributed by atoms with van der Waals surface area (Å²) in [6, 6.07) is 0. The molecule has 12 heavy (non-hydrogen) atoms. The monoisotopic (exact) mass is 180 g/mol. The van der Waals surface area contributed by atoms with Gasteiger partial charge in [0, 0.05) is 0 Å². The molecule has 0 bridgehead atoms. The Labute approximate surface area is 68.6 Å². The highest BCUT2D eigenvalue weighted by atomic mass is 19.3. The first-order chi connectivity index (χ1) is 5.46. The third-order valence-electron chi connectivity index (χ3n) is 1.14. The van der Waals surface area contributed by atoms with Gasteiger partial charge >= 0.3 is 11.9 Å². The van der Waals surface area contributed by atoms with Crippen LogP contribution in [0.15, 0.2) is 12.7 Å². The maximum absolute atomic E-state index is 12.6. The maximum Gasteiger partial charge on any atom is 0.380 e. The summed E-state index contributed by atoms with van der Waals surface area (Å²) in [4.78, 5) is 10.5. The summed E-state index contributed by atoms with van der Waals surface area (Å²) in [5.74, 6) is -5.64. The van der Waals surface area contributed by atoms with Gasteiger partial charge in [0.25, 0.3) is 0 Å². The van der Waals surface area contributed by atoms with Crippen molar-refractivity contribution >= 4 is 5.97 Å². The highest BCUT2D eigenvalue weighted by Gasteiger charge is 2.46. The number of alkyl halides is 2. The van der Waals surface area contributed by atoms with Crippen LogP contribution in [0.25, 0.3) is 0 Å². The van der Waals surface area contributed by atoms with E-state index in [-0.39, 0.29) is 6.61 Å². The Morgan fingerprint density at radius 3 is 2.67 bits per heavy atom. The fourth-order valence-corrected chi connectivity index (χ4v) is 0.496. The molecule has 3 nitrogen and oxygen atoms in total. The van der Waals surface area contributed by atoms with Crippen LogP contribution in [-0.2, 0) is 9.53 Å². The molecule has 1 N–H and O–H groups in total. The van der Waals surface area contributed by atoms with Gasteiger partial charge in [-0.15, -0.1) is 6.58 Å². The van der Waals surface area contributed by atoms with Gasteiger partial charge in [0.05, 0.1) is 6.61 Å². The van der Waals surface area contributed by atoms with Crippen molar-refractivity contribution in [2.75, 3.05) is 6.61 Å². The van der Waals surface area contributed by atoms with Crippen LogP contribution in [0.1, 0.15) is 6.92 Å². The van der Waals surface area contributed by atoms with Gasteiger partial charge in [0.2, 0.25) is 0 Å². The van der Waals surface area contributed by atoms with Crippen molar-refractivity contribution in [1.82, 2.24) is 0 Å². The van der Waals surface area contributed by atoms with Crippen LogP contribution in [-0.4, -0.2) is 29.7 Å². The number of aliphatic hydroxyl groups excluding tert-OH is 1. The number of halogens is 2. The Kier molecular flexibility index (Phi) is 3.82. The van der Waals surface area contributed by atoms with E-state index in [1.54, 1.807) is 0 Å². The molecule has 0 aromatic rings. The Morgan fingerprint density at radius 1 is 1.83 bits per heavy atom. The van der Waals surface area contributed by atoms with Crippen LogP contribution in [0.5, 0.6) is 0 Å². The van der Waals surface area contributed by atoms with E-state index in [1.807, 2.05) is 0 Å². The molecule has 0 heterocycles. The van der Waals surface area contributed by atoms with Crippen molar-refractivity contribution in [2.45, 2.75) is 19.0 Å². The van der Waals surface area contributed by atoms with Crippen LogP contribution in [0.4, 0.5) is 8.78 Å². The maximum atomic E-state index is 12.6. The Bertz CT molecular complexity index is 179. The normalized spacial score (nSPS) is 13.7. The van der Waals surface area contributed by atoms with Crippen LogP contribution >= 0.6 is 0 Å². The highest BCUT2D eigenvalue weighted by molar-refractivity contribution is 5.78. The minimum atomic E-state index is -3.90. The lowest BCUT2D eigenvalue weighted by Crippen LogP contribution is -2.41. The van der Waals surface area contributed by atoms with Gasteiger partial charge in [-0.1, -0.05) is 6.08 Å². The van der Waals surface area contributed by atoms with Gasteiger partial charge in [0.1, 0.15) is 6.10 Å². The van der Waals surface area contributed by atoms with Crippen LogP contribution in [0.3, 0.4) is 0 Å². The molecule has 0 spiro atoms. The number of esters is 1. The van der Waals surface area contributed by atoms with Crippen molar-refractivity contribution in [3.8, 4) is 0 Å². The molecule has 0 rings (SSSR count). The third kappa shape index (κ3) is 2.27. The molecule has 0 aliphatic heterocycles. The highest BCUT2D eigenvalue weighted by Crippen LogP contribution is 2.21. The molecular formula is C7H10F2O3. The average molecular weight is 180 g/mol. The quantitative estimate of drug-likeness (QED) is 0.512. The molecule has 0 amide bonds. The largest absolute Gasteiger partial charge is 0.461 e. The standard InChI is InChI=1S/C7H10F2O3/c1-3-5(10)7(8,9)6(11)12-4-2/h3,5,10H,1,4H2,2H3. The summed E-state index contributed by atoms with van der Waals surface area (Å²) in [6.07, 6.45) is -1.62. The van der Waals surface area contributed by atoms with E-state index < -0.39 is 18.0 Å². The van der Waals surface area contributed by atoms with Crippen molar-refractivity contribution in [3.63, 3.8) is 0 Å². The van der Waals surface area contributed by atoms with Gasteiger partial charge < -0.3 is 9.84 Å². The first kappa shape index (κ1) is 11.0. The van der Waals surface area contributed by atoms with Gasteiger partial charge in [-0.3, -0.25) is 0 Å². The van der Waals surface area contributed by atoms with Crippen molar-refractivity contribution < 1.29 is 23.4 Å². The minimum Gasteiger partial charge on any atom is -0.461 e. The number of aliphatic hydroxyl groups is 1.